The maximum absolute atomic E-state index is 11.7. The largest absolute Gasteiger partial charge is 0.481 e. The normalized spacial score (nSPS) is 18.9. The summed E-state index contributed by atoms with van der Waals surface area (Å²) in [6.45, 7) is 2.96. The fourth-order valence-corrected chi connectivity index (χ4v) is 1.81. The highest BCUT2D eigenvalue weighted by molar-refractivity contribution is 5.74. The Kier molecular flexibility index (Phi) is 6.45. The number of hydrogen-bond donors (Lipinski definition) is 3. The number of carbonyl (C=O) groups excluding carboxylic acids is 1. The molecule has 18 heavy (non-hydrogen) atoms. The molecule has 0 radical (unpaired) electrons. The molecule has 0 aromatic rings. The molecule has 0 saturated carbocycles. The Morgan fingerprint density at radius 3 is 2.83 bits per heavy atom. The Morgan fingerprint density at radius 2 is 2.22 bits per heavy atom. The Hall–Kier alpha value is -1.34. The summed E-state index contributed by atoms with van der Waals surface area (Å²) in [7, 11) is 0. The molecule has 104 valence electrons. The minimum Gasteiger partial charge on any atom is -0.481 e. The molecule has 0 aromatic carbocycles. The smallest absolute Gasteiger partial charge is 0.317 e. The van der Waals surface area contributed by atoms with Gasteiger partial charge in [0.2, 0.25) is 0 Å². The van der Waals surface area contributed by atoms with Gasteiger partial charge in [-0.15, -0.1) is 0 Å². The van der Waals surface area contributed by atoms with Crippen LogP contribution in [0.15, 0.2) is 0 Å². The van der Waals surface area contributed by atoms with E-state index in [1.165, 1.54) is 0 Å². The monoisotopic (exact) mass is 259 g/mol. The van der Waals surface area contributed by atoms with Gasteiger partial charge in [0, 0.05) is 19.6 Å². The summed E-state index contributed by atoms with van der Waals surface area (Å²) in [5.41, 5.74) is 5.55. The summed E-state index contributed by atoms with van der Waals surface area (Å²) in [6.07, 6.45) is 0.942. The number of rotatable bonds is 7. The number of nitrogens with zero attached hydrogens (tertiary/aromatic N) is 1. The first kappa shape index (κ1) is 14.7. The van der Waals surface area contributed by atoms with Gasteiger partial charge in [-0.25, -0.2) is 4.79 Å². The maximum Gasteiger partial charge on any atom is 0.317 e. The van der Waals surface area contributed by atoms with E-state index >= 15 is 0 Å². The molecule has 7 nitrogen and oxygen atoms in total. The predicted octanol–water partition coefficient (Wildman–Crippen LogP) is -0.532. The lowest BCUT2D eigenvalue weighted by atomic mass is 10.1. The second-order valence-electron chi connectivity index (χ2n) is 4.32. The molecule has 0 spiro atoms. The van der Waals surface area contributed by atoms with Gasteiger partial charge in [0.1, 0.15) is 0 Å². The minimum atomic E-state index is -0.885. The second kappa shape index (κ2) is 7.88. The van der Waals surface area contributed by atoms with Crippen molar-refractivity contribution in [3.8, 4) is 0 Å². The third kappa shape index (κ3) is 5.33. The standard InChI is InChI=1S/C11H21N3O4/c12-7-9-1-4-14(8-9)11(17)13-3-6-18-5-2-10(15)16/h9H,1-8,12H2,(H,13,17)(H,15,16). The number of nitrogens with one attached hydrogen (secondary N) is 1. The number of aliphatic carboxylic acids is 1. The van der Waals surface area contributed by atoms with Crippen LogP contribution in [0.5, 0.6) is 0 Å². The van der Waals surface area contributed by atoms with Gasteiger partial charge in [-0.3, -0.25) is 4.79 Å². The SMILES string of the molecule is NCC1CCN(C(=O)NCCOCCC(=O)O)C1. The van der Waals surface area contributed by atoms with Crippen LogP contribution in [-0.4, -0.2) is 61.4 Å². The van der Waals surface area contributed by atoms with Crippen molar-refractivity contribution in [2.75, 3.05) is 39.4 Å². The number of ether oxygens (including phenoxy) is 1. The molecule has 1 atom stereocenters. The van der Waals surface area contributed by atoms with E-state index in [4.69, 9.17) is 15.6 Å². The molecule has 1 aliphatic rings. The molecule has 2 amide bonds. The molecule has 7 heteroatoms. The van der Waals surface area contributed by atoms with Crippen molar-refractivity contribution in [2.45, 2.75) is 12.8 Å². The molecular weight excluding hydrogens is 238 g/mol. The lowest BCUT2D eigenvalue weighted by Gasteiger charge is -2.17. The Bertz CT molecular complexity index is 285. The molecule has 0 aliphatic carbocycles. The summed E-state index contributed by atoms with van der Waals surface area (Å²) >= 11 is 0. The number of nitrogens with two attached hydrogens (primary N) is 1. The first-order valence-corrected chi connectivity index (χ1v) is 6.16. The lowest BCUT2D eigenvalue weighted by molar-refractivity contribution is -0.138. The summed E-state index contributed by atoms with van der Waals surface area (Å²) in [6, 6.07) is -0.104. The van der Waals surface area contributed by atoms with E-state index in [1.807, 2.05) is 0 Å². The Morgan fingerprint density at radius 1 is 1.44 bits per heavy atom. The van der Waals surface area contributed by atoms with Crippen LogP contribution in [0.2, 0.25) is 0 Å². The minimum absolute atomic E-state index is 0.0156. The zero-order valence-electron chi connectivity index (χ0n) is 10.4. The number of urea groups is 1. The van der Waals surface area contributed by atoms with Crippen molar-refractivity contribution < 1.29 is 19.4 Å². The van der Waals surface area contributed by atoms with Crippen molar-refractivity contribution in [1.29, 1.82) is 0 Å². The average Bonchev–Trinajstić information content (AvgIpc) is 2.81. The number of likely N-dealkylation sites (tertiary alicyclic amines) is 1. The Balaban J connectivity index is 2.02. The zero-order valence-corrected chi connectivity index (χ0v) is 10.4. The predicted molar refractivity (Wildman–Crippen MR) is 65.2 cm³/mol. The Labute approximate surface area is 106 Å². The van der Waals surface area contributed by atoms with Gasteiger partial charge in [0.15, 0.2) is 0 Å². The number of hydrogen-bond acceptors (Lipinski definition) is 4. The van der Waals surface area contributed by atoms with Crippen LogP contribution in [0.3, 0.4) is 0 Å². The lowest BCUT2D eigenvalue weighted by Crippen LogP contribution is -2.40. The van der Waals surface area contributed by atoms with Crippen LogP contribution in [0, 0.1) is 5.92 Å². The van der Waals surface area contributed by atoms with Crippen LogP contribution >= 0.6 is 0 Å². The highest BCUT2D eigenvalue weighted by atomic mass is 16.5. The summed E-state index contributed by atoms with van der Waals surface area (Å²) in [5, 5.41) is 11.1. The van der Waals surface area contributed by atoms with Crippen molar-refractivity contribution in [3.63, 3.8) is 0 Å². The van der Waals surface area contributed by atoms with E-state index in [0.29, 0.717) is 32.2 Å². The second-order valence-corrected chi connectivity index (χ2v) is 4.32. The van der Waals surface area contributed by atoms with Crippen LogP contribution in [0.4, 0.5) is 4.79 Å². The third-order valence-corrected chi connectivity index (χ3v) is 2.89. The van der Waals surface area contributed by atoms with Crippen molar-refractivity contribution in [2.24, 2.45) is 11.7 Å². The topological polar surface area (TPSA) is 105 Å². The first-order valence-electron chi connectivity index (χ1n) is 6.16. The third-order valence-electron chi connectivity index (χ3n) is 2.89. The number of carbonyl (C=O) groups is 2. The molecular formula is C11H21N3O4. The van der Waals surface area contributed by atoms with E-state index in [9.17, 15) is 9.59 Å². The highest BCUT2D eigenvalue weighted by Gasteiger charge is 2.24. The summed E-state index contributed by atoms with van der Waals surface area (Å²) < 4.78 is 5.07. The van der Waals surface area contributed by atoms with Gasteiger partial charge in [0.25, 0.3) is 0 Å². The van der Waals surface area contributed by atoms with Crippen LogP contribution in [-0.2, 0) is 9.53 Å². The van der Waals surface area contributed by atoms with Gasteiger partial charge in [-0.1, -0.05) is 0 Å². The zero-order chi connectivity index (χ0) is 13.4. The molecule has 1 fully saturated rings. The number of carboxylic acids is 1. The molecule has 1 saturated heterocycles. The summed E-state index contributed by atoms with van der Waals surface area (Å²) in [5.74, 6) is -0.480. The molecule has 0 bridgehead atoms. The van der Waals surface area contributed by atoms with Crippen LogP contribution in [0.1, 0.15) is 12.8 Å². The van der Waals surface area contributed by atoms with E-state index in [2.05, 4.69) is 5.32 Å². The average molecular weight is 259 g/mol. The molecule has 1 heterocycles. The van der Waals surface area contributed by atoms with Gasteiger partial charge in [-0.05, 0) is 18.9 Å². The number of carboxylic acid groups (broad SMARTS) is 1. The van der Waals surface area contributed by atoms with Crippen LogP contribution in [0.25, 0.3) is 0 Å². The van der Waals surface area contributed by atoms with Crippen molar-refractivity contribution in [1.82, 2.24) is 10.2 Å². The van der Waals surface area contributed by atoms with Crippen molar-refractivity contribution in [3.05, 3.63) is 0 Å². The van der Waals surface area contributed by atoms with Gasteiger partial charge < -0.3 is 25.8 Å². The maximum atomic E-state index is 11.7. The van der Waals surface area contributed by atoms with E-state index in [-0.39, 0.29) is 19.1 Å². The first-order chi connectivity index (χ1) is 8.63. The summed E-state index contributed by atoms with van der Waals surface area (Å²) in [4.78, 5) is 23.6. The fraction of sp³-hybridized carbons (Fsp3) is 0.818. The number of amides is 2. The molecule has 1 aliphatic heterocycles. The van der Waals surface area contributed by atoms with Crippen molar-refractivity contribution >= 4 is 12.0 Å². The molecule has 0 aromatic heterocycles. The molecule has 4 N–H and O–H groups in total. The molecule has 1 unspecified atom stereocenters. The van der Waals surface area contributed by atoms with Gasteiger partial charge in [-0.2, -0.15) is 0 Å². The van der Waals surface area contributed by atoms with E-state index < -0.39 is 5.97 Å². The fourth-order valence-electron chi connectivity index (χ4n) is 1.81. The quantitative estimate of drug-likeness (QED) is 0.533. The van der Waals surface area contributed by atoms with E-state index in [1.54, 1.807) is 4.90 Å². The van der Waals surface area contributed by atoms with Gasteiger partial charge in [0.05, 0.1) is 19.6 Å². The van der Waals surface area contributed by atoms with E-state index in [0.717, 1.165) is 13.0 Å². The van der Waals surface area contributed by atoms with Crippen LogP contribution < -0.4 is 11.1 Å². The molecule has 1 rings (SSSR count). The van der Waals surface area contributed by atoms with Gasteiger partial charge >= 0.3 is 12.0 Å². The highest BCUT2D eigenvalue weighted by Crippen LogP contribution is 2.14.